The molecule has 2 nitrogen and oxygen atoms in total. The van der Waals surface area contributed by atoms with Crippen molar-refractivity contribution in [2.24, 2.45) is 0 Å². The van der Waals surface area contributed by atoms with Gasteiger partial charge >= 0.3 is 0 Å². The summed E-state index contributed by atoms with van der Waals surface area (Å²) in [6.45, 7) is 2.23. The van der Waals surface area contributed by atoms with Gasteiger partial charge in [0.25, 0.3) is 0 Å². The molecule has 0 bridgehead atoms. The van der Waals surface area contributed by atoms with Gasteiger partial charge < -0.3 is 4.57 Å². The van der Waals surface area contributed by atoms with Crippen molar-refractivity contribution >= 4 is 22.8 Å². The molecule has 80 valence electrons. The van der Waals surface area contributed by atoms with Crippen LogP contribution < -0.4 is 0 Å². The zero-order chi connectivity index (χ0) is 10.5. The molecular weight excluding hydrogens is 204 g/mol. The maximum absolute atomic E-state index is 4.37. The van der Waals surface area contributed by atoms with Crippen molar-refractivity contribution in [3.05, 3.63) is 30.6 Å². The molecule has 0 saturated heterocycles. The van der Waals surface area contributed by atoms with Crippen LogP contribution in [-0.4, -0.2) is 15.3 Å². The Balaban J connectivity index is 2.02. The fourth-order valence-corrected chi connectivity index (χ4v) is 2.55. The maximum Gasteiger partial charge on any atom is 0.0965 e. The Morgan fingerprint density at radius 3 is 3.07 bits per heavy atom. The van der Waals surface area contributed by atoms with Gasteiger partial charge in [0, 0.05) is 0 Å². The van der Waals surface area contributed by atoms with Gasteiger partial charge in [0.15, 0.2) is 0 Å². The normalized spacial score (nSPS) is 11.0. The number of hydrogen-bond donors (Lipinski definition) is 0. The van der Waals surface area contributed by atoms with E-state index in [0.29, 0.717) is 0 Å². The van der Waals surface area contributed by atoms with Gasteiger partial charge in [0.05, 0.1) is 23.2 Å². The highest BCUT2D eigenvalue weighted by Gasteiger charge is 2.00. The first-order valence-corrected chi connectivity index (χ1v) is 6.55. The van der Waals surface area contributed by atoms with Gasteiger partial charge in [0.2, 0.25) is 0 Å². The molecule has 0 radical (unpaired) electrons. The molecule has 0 N–H and O–H groups in total. The van der Waals surface area contributed by atoms with Crippen molar-refractivity contribution in [3.8, 4) is 0 Å². The van der Waals surface area contributed by atoms with Crippen molar-refractivity contribution in [2.45, 2.75) is 25.6 Å². The minimum atomic E-state index is 1.01. The number of benzene rings is 1. The SMILES string of the molecule is CCCCSCn1cnc2ccccc21. The number of fused-ring (bicyclic) bond motifs is 1. The van der Waals surface area contributed by atoms with Crippen LogP contribution in [0, 0.1) is 0 Å². The molecule has 0 aliphatic heterocycles. The molecule has 2 rings (SSSR count). The predicted octanol–water partition coefficient (Wildman–Crippen LogP) is 3.53. The van der Waals surface area contributed by atoms with E-state index in [0.717, 1.165) is 11.4 Å². The number of unbranched alkanes of at least 4 members (excludes halogenated alkanes) is 1. The third-order valence-electron chi connectivity index (χ3n) is 2.40. The third kappa shape index (κ3) is 2.53. The van der Waals surface area contributed by atoms with Crippen molar-refractivity contribution in [2.75, 3.05) is 5.75 Å². The topological polar surface area (TPSA) is 17.8 Å². The second-order valence-electron chi connectivity index (χ2n) is 3.59. The molecule has 0 aliphatic rings. The molecule has 1 aromatic carbocycles. The fraction of sp³-hybridized carbons (Fsp3) is 0.417. The molecule has 0 atom stereocenters. The molecule has 0 amide bonds. The minimum Gasteiger partial charge on any atom is -0.321 e. The van der Waals surface area contributed by atoms with Gasteiger partial charge in [0.1, 0.15) is 0 Å². The van der Waals surface area contributed by atoms with E-state index < -0.39 is 0 Å². The first-order valence-electron chi connectivity index (χ1n) is 5.39. The highest BCUT2D eigenvalue weighted by molar-refractivity contribution is 7.98. The highest BCUT2D eigenvalue weighted by Crippen LogP contribution is 2.15. The lowest BCUT2D eigenvalue weighted by atomic mass is 10.3. The molecule has 0 spiro atoms. The molecule has 0 saturated carbocycles. The summed E-state index contributed by atoms with van der Waals surface area (Å²) in [5.41, 5.74) is 2.33. The average molecular weight is 220 g/mol. The lowest BCUT2D eigenvalue weighted by Gasteiger charge is -2.03. The largest absolute Gasteiger partial charge is 0.321 e. The number of imidazole rings is 1. The number of nitrogens with zero attached hydrogens (tertiary/aromatic N) is 2. The van der Waals surface area contributed by atoms with Crippen LogP contribution in [0.5, 0.6) is 0 Å². The summed E-state index contributed by atoms with van der Waals surface area (Å²) in [6.07, 6.45) is 4.51. The predicted molar refractivity (Wildman–Crippen MR) is 67.1 cm³/mol. The van der Waals surface area contributed by atoms with E-state index >= 15 is 0 Å². The van der Waals surface area contributed by atoms with E-state index in [1.54, 1.807) is 0 Å². The van der Waals surface area contributed by atoms with Crippen LogP contribution in [0.4, 0.5) is 0 Å². The lowest BCUT2D eigenvalue weighted by molar-refractivity contribution is 0.881. The van der Waals surface area contributed by atoms with Gasteiger partial charge in [-0.1, -0.05) is 25.5 Å². The number of rotatable bonds is 5. The second kappa shape index (κ2) is 5.21. The fourth-order valence-electron chi connectivity index (χ4n) is 1.52. The smallest absolute Gasteiger partial charge is 0.0965 e. The van der Waals surface area contributed by atoms with Crippen LogP contribution >= 0.6 is 11.8 Å². The average Bonchev–Trinajstić information content (AvgIpc) is 2.68. The van der Waals surface area contributed by atoms with Crippen LogP contribution in [0.1, 0.15) is 19.8 Å². The Hall–Kier alpha value is -0.960. The van der Waals surface area contributed by atoms with Crippen LogP contribution in [-0.2, 0) is 5.88 Å². The van der Waals surface area contributed by atoms with Gasteiger partial charge in [-0.25, -0.2) is 4.98 Å². The molecule has 0 aliphatic carbocycles. The summed E-state index contributed by atoms with van der Waals surface area (Å²) in [4.78, 5) is 4.37. The summed E-state index contributed by atoms with van der Waals surface area (Å²) in [7, 11) is 0. The first kappa shape index (κ1) is 10.6. The van der Waals surface area contributed by atoms with E-state index in [4.69, 9.17) is 0 Å². The molecular formula is C12H16N2S. The van der Waals surface area contributed by atoms with Crippen molar-refractivity contribution in [1.29, 1.82) is 0 Å². The molecule has 3 heteroatoms. The Morgan fingerprint density at radius 2 is 2.20 bits per heavy atom. The zero-order valence-corrected chi connectivity index (χ0v) is 9.83. The highest BCUT2D eigenvalue weighted by atomic mass is 32.2. The summed E-state index contributed by atoms with van der Waals surface area (Å²) in [6, 6.07) is 8.28. The third-order valence-corrected chi connectivity index (χ3v) is 3.44. The van der Waals surface area contributed by atoms with Gasteiger partial charge in [-0.05, 0) is 24.3 Å². The van der Waals surface area contributed by atoms with Crippen LogP contribution in [0.3, 0.4) is 0 Å². The second-order valence-corrected chi connectivity index (χ2v) is 4.67. The summed E-state index contributed by atoms with van der Waals surface area (Å²) in [5, 5.41) is 0. The van der Waals surface area contributed by atoms with E-state index in [1.165, 1.54) is 24.1 Å². The minimum absolute atomic E-state index is 1.01. The van der Waals surface area contributed by atoms with E-state index in [-0.39, 0.29) is 0 Å². The molecule has 0 unspecified atom stereocenters. The molecule has 0 fully saturated rings. The standard InChI is InChI=1S/C12H16N2S/c1-2-3-8-15-10-14-9-13-11-6-4-5-7-12(11)14/h4-7,9H,2-3,8,10H2,1H3. The van der Waals surface area contributed by atoms with Crippen molar-refractivity contribution in [1.82, 2.24) is 9.55 Å². The molecule has 1 aromatic heterocycles. The summed E-state index contributed by atoms with van der Waals surface area (Å²) < 4.78 is 2.22. The zero-order valence-electron chi connectivity index (χ0n) is 9.02. The van der Waals surface area contributed by atoms with E-state index in [1.807, 2.05) is 24.2 Å². The van der Waals surface area contributed by atoms with Gasteiger partial charge in [-0.2, -0.15) is 0 Å². The lowest BCUT2D eigenvalue weighted by Crippen LogP contribution is -1.92. The van der Waals surface area contributed by atoms with Crippen molar-refractivity contribution < 1.29 is 0 Å². The van der Waals surface area contributed by atoms with Gasteiger partial charge in [-0.15, -0.1) is 11.8 Å². The Labute approximate surface area is 94.7 Å². The Bertz CT molecular complexity index is 422. The first-order chi connectivity index (χ1) is 7.42. The molecule has 15 heavy (non-hydrogen) atoms. The molecule has 2 aromatic rings. The molecule has 1 heterocycles. The monoisotopic (exact) mass is 220 g/mol. The summed E-state index contributed by atoms with van der Waals surface area (Å²) >= 11 is 1.97. The van der Waals surface area contributed by atoms with Gasteiger partial charge in [-0.3, -0.25) is 0 Å². The van der Waals surface area contributed by atoms with E-state index in [2.05, 4.69) is 34.7 Å². The van der Waals surface area contributed by atoms with Crippen LogP contribution in [0.15, 0.2) is 30.6 Å². The van der Waals surface area contributed by atoms with E-state index in [9.17, 15) is 0 Å². The number of aromatic nitrogens is 2. The quantitative estimate of drug-likeness (QED) is 0.717. The van der Waals surface area contributed by atoms with Crippen LogP contribution in [0.25, 0.3) is 11.0 Å². The number of hydrogen-bond acceptors (Lipinski definition) is 2. The Kier molecular flexibility index (Phi) is 3.67. The van der Waals surface area contributed by atoms with Crippen LogP contribution in [0.2, 0.25) is 0 Å². The Morgan fingerprint density at radius 1 is 1.33 bits per heavy atom. The van der Waals surface area contributed by atoms with Crippen molar-refractivity contribution in [3.63, 3.8) is 0 Å². The number of para-hydroxylation sites is 2. The summed E-state index contributed by atoms with van der Waals surface area (Å²) in [5.74, 6) is 2.25. The number of thioether (sulfide) groups is 1. The maximum atomic E-state index is 4.37.